The summed E-state index contributed by atoms with van der Waals surface area (Å²) < 4.78 is 7.50. The number of pyridine rings is 1. The second kappa shape index (κ2) is 6.29. The molecule has 1 fully saturated rings. The Kier molecular flexibility index (Phi) is 3.95. The monoisotopic (exact) mass is 353 g/mol. The molecule has 134 valence electrons. The average molecular weight is 353 g/mol. The van der Waals surface area contributed by atoms with E-state index < -0.39 is 0 Å². The van der Waals surface area contributed by atoms with Gasteiger partial charge in [-0.15, -0.1) is 0 Å². The number of H-pyrrole nitrogens is 1. The fourth-order valence-electron chi connectivity index (χ4n) is 3.16. The first-order valence-corrected chi connectivity index (χ1v) is 8.45. The molecule has 1 aliphatic rings. The van der Waals surface area contributed by atoms with Gasteiger partial charge in [0.2, 0.25) is 0 Å². The Bertz CT molecular complexity index is 1040. The molecule has 8 nitrogen and oxygen atoms in total. The summed E-state index contributed by atoms with van der Waals surface area (Å²) in [6.07, 6.45) is 0.605. The zero-order chi connectivity index (χ0) is 18.3. The summed E-state index contributed by atoms with van der Waals surface area (Å²) in [6, 6.07) is 8.59. The third-order valence-corrected chi connectivity index (χ3v) is 4.77. The van der Waals surface area contributed by atoms with E-state index in [0.717, 1.165) is 17.6 Å². The molecule has 1 amide bonds. The van der Waals surface area contributed by atoms with Gasteiger partial charge in [0.1, 0.15) is 22.9 Å². The number of ether oxygens (including phenoxy) is 1. The van der Waals surface area contributed by atoms with Crippen LogP contribution in [0.25, 0.3) is 11.0 Å². The molecule has 1 unspecified atom stereocenters. The number of aryl methyl sites for hydroxylation is 1. The number of carbonyl (C=O) groups excluding carboxylic acids is 1. The molecule has 8 heteroatoms. The first kappa shape index (κ1) is 16.3. The third kappa shape index (κ3) is 2.94. The highest BCUT2D eigenvalue weighted by Gasteiger charge is 2.28. The van der Waals surface area contributed by atoms with Crippen LogP contribution < -0.4 is 10.3 Å². The standard InChI is InChI=1S/C18H19N5O3/c1-11-7-14(9-17(24)22(11)2)26-13-5-6-23(10-13)18(25)12-3-4-15-16(8-12)20-21-19-15/h3-4,7-9,13H,5-6,10H2,1-2H3,(H,19,20,21). The summed E-state index contributed by atoms with van der Waals surface area (Å²) in [5, 5.41) is 10.6. The largest absolute Gasteiger partial charge is 0.488 e. The Morgan fingerprint density at radius 3 is 2.85 bits per heavy atom. The quantitative estimate of drug-likeness (QED) is 0.765. The zero-order valence-electron chi connectivity index (χ0n) is 14.6. The molecule has 3 heterocycles. The number of benzene rings is 1. The highest BCUT2D eigenvalue weighted by atomic mass is 16.5. The van der Waals surface area contributed by atoms with Gasteiger partial charge in [0, 0.05) is 37.3 Å². The number of fused-ring (bicyclic) bond motifs is 1. The van der Waals surface area contributed by atoms with Gasteiger partial charge in [-0.25, -0.2) is 0 Å². The van der Waals surface area contributed by atoms with E-state index in [1.165, 1.54) is 6.07 Å². The lowest BCUT2D eigenvalue weighted by Crippen LogP contribution is -2.31. The van der Waals surface area contributed by atoms with Crippen molar-refractivity contribution in [3.05, 3.63) is 51.9 Å². The van der Waals surface area contributed by atoms with Crippen molar-refractivity contribution in [3.63, 3.8) is 0 Å². The summed E-state index contributed by atoms with van der Waals surface area (Å²) >= 11 is 0. The van der Waals surface area contributed by atoms with E-state index in [2.05, 4.69) is 15.4 Å². The minimum absolute atomic E-state index is 0.0545. The fourth-order valence-corrected chi connectivity index (χ4v) is 3.16. The first-order chi connectivity index (χ1) is 12.5. The lowest BCUT2D eigenvalue weighted by molar-refractivity contribution is 0.0772. The van der Waals surface area contributed by atoms with E-state index in [0.29, 0.717) is 29.9 Å². The van der Waals surface area contributed by atoms with Gasteiger partial charge in [-0.2, -0.15) is 15.4 Å². The van der Waals surface area contributed by atoms with Gasteiger partial charge in [-0.05, 0) is 31.2 Å². The first-order valence-electron chi connectivity index (χ1n) is 8.45. The summed E-state index contributed by atoms with van der Waals surface area (Å²) in [7, 11) is 1.73. The van der Waals surface area contributed by atoms with Crippen LogP contribution >= 0.6 is 0 Å². The molecule has 1 atom stereocenters. The van der Waals surface area contributed by atoms with Crippen LogP contribution in [0.5, 0.6) is 5.75 Å². The predicted molar refractivity (Wildman–Crippen MR) is 95.2 cm³/mol. The molecule has 1 aliphatic heterocycles. The SMILES string of the molecule is Cc1cc(OC2CCN(C(=O)c3ccc4n[nH]nc4c3)C2)cc(=O)n1C. The Morgan fingerprint density at radius 1 is 1.23 bits per heavy atom. The van der Waals surface area contributed by atoms with Crippen LogP contribution in [0.15, 0.2) is 35.1 Å². The van der Waals surface area contributed by atoms with Crippen LogP contribution in [-0.2, 0) is 7.05 Å². The Balaban J connectivity index is 1.46. The van der Waals surface area contributed by atoms with E-state index in [1.807, 2.05) is 13.0 Å². The minimum Gasteiger partial charge on any atom is -0.488 e. The maximum atomic E-state index is 12.7. The second-order valence-electron chi connectivity index (χ2n) is 6.54. The molecule has 4 rings (SSSR count). The van der Waals surface area contributed by atoms with Crippen molar-refractivity contribution in [2.45, 2.75) is 19.4 Å². The zero-order valence-corrected chi connectivity index (χ0v) is 14.6. The highest BCUT2D eigenvalue weighted by Crippen LogP contribution is 2.20. The van der Waals surface area contributed by atoms with Crippen molar-refractivity contribution < 1.29 is 9.53 Å². The molecule has 0 aliphatic carbocycles. The molecular weight excluding hydrogens is 334 g/mol. The van der Waals surface area contributed by atoms with E-state index in [9.17, 15) is 9.59 Å². The number of aromatic nitrogens is 4. The predicted octanol–water partition coefficient (Wildman–Crippen LogP) is 1.26. The smallest absolute Gasteiger partial charge is 0.254 e. The van der Waals surface area contributed by atoms with Gasteiger partial charge in [-0.3, -0.25) is 9.59 Å². The molecule has 0 radical (unpaired) electrons. The Hall–Kier alpha value is -3.16. The topological polar surface area (TPSA) is 93.1 Å². The molecule has 26 heavy (non-hydrogen) atoms. The number of hydrogen-bond donors (Lipinski definition) is 1. The third-order valence-electron chi connectivity index (χ3n) is 4.77. The van der Waals surface area contributed by atoms with Crippen LogP contribution in [0.2, 0.25) is 0 Å². The van der Waals surface area contributed by atoms with Gasteiger partial charge >= 0.3 is 0 Å². The van der Waals surface area contributed by atoms with Gasteiger partial charge < -0.3 is 14.2 Å². The number of likely N-dealkylation sites (tertiary alicyclic amines) is 1. The Morgan fingerprint density at radius 2 is 2.04 bits per heavy atom. The van der Waals surface area contributed by atoms with Gasteiger partial charge in [0.15, 0.2) is 0 Å². The normalized spacial score (nSPS) is 17.0. The number of nitrogens with one attached hydrogen (secondary N) is 1. The van der Waals surface area contributed by atoms with Crippen LogP contribution in [0, 0.1) is 6.92 Å². The molecule has 0 bridgehead atoms. The molecule has 1 saturated heterocycles. The van der Waals surface area contributed by atoms with Crippen LogP contribution in [0.3, 0.4) is 0 Å². The lowest BCUT2D eigenvalue weighted by atomic mass is 10.2. The van der Waals surface area contributed by atoms with Gasteiger partial charge in [0.05, 0.1) is 6.54 Å². The average Bonchev–Trinajstić information content (AvgIpc) is 3.27. The van der Waals surface area contributed by atoms with Gasteiger partial charge in [-0.1, -0.05) is 0 Å². The summed E-state index contributed by atoms with van der Waals surface area (Å²) in [4.78, 5) is 26.4. The maximum absolute atomic E-state index is 12.7. The van der Waals surface area contributed by atoms with Crippen molar-refractivity contribution in [1.29, 1.82) is 0 Å². The molecule has 0 saturated carbocycles. The number of carbonyl (C=O) groups is 1. The van der Waals surface area contributed by atoms with E-state index >= 15 is 0 Å². The molecular formula is C18H19N5O3. The van der Waals surface area contributed by atoms with E-state index in [1.54, 1.807) is 34.7 Å². The van der Waals surface area contributed by atoms with Crippen molar-refractivity contribution in [3.8, 4) is 5.75 Å². The van der Waals surface area contributed by atoms with Gasteiger partial charge in [0.25, 0.3) is 11.5 Å². The highest BCUT2D eigenvalue weighted by molar-refractivity contribution is 5.97. The molecule has 2 aromatic heterocycles. The number of rotatable bonds is 3. The number of aromatic amines is 1. The molecule has 1 N–H and O–H groups in total. The van der Waals surface area contributed by atoms with Crippen LogP contribution in [0.4, 0.5) is 0 Å². The van der Waals surface area contributed by atoms with Crippen LogP contribution in [-0.4, -0.2) is 50.0 Å². The van der Waals surface area contributed by atoms with E-state index in [-0.39, 0.29) is 17.6 Å². The number of amides is 1. The van der Waals surface area contributed by atoms with Crippen molar-refractivity contribution >= 4 is 16.9 Å². The van der Waals surface area contributed by atoms with Crippen molar-refractivity contribution in [2.75, 3.05) is 13.1 Å². The number of hydrogen-bond acceptors (Lipinski definition) is 5. The fraction of sp³-hybridized carbons (Fsp3) is 0.333. The number of nitrogens with zero attached hydrogens (tertiary/aromatic N) is 4. The molecule has 3 aromatic rings. The summed E-state index contributed by atoms with van der Waals surface area (Å²) in [6.45, 7) is 2.97. The van der Waals surface area contributed by atoms with Crippen LogP contribution in [0.1, 0.15) is 22.5 Å². The van der Waals surface area contributed by atoms with Crippen molar-refractivity contribution in [1.82, 2.24) is 24.9 Å². The summed E-state index contributed by atoms with van der Waals surface area (Å²) in [5.41, 5.74) is 2.70. The maximum Gasteiger partial charge on any atom is 0.254 e. The molecule has 1 aromatic carbocycles. The minimum atomic E-state index is -0.124. The van der Waals surface area contributed by atoms with Crippen molar-refractivity contribution in [2.24, 2.45) is 7.05 Å². The summed E-state index contributed by atoms with van der Waals surface area (Å²) in [5.74, 6) is 0.495. The lowest BCUT2D eigenvalue weighted by Gasteiger charge is -2.18. The van der Waals surface area contributed by atoms with E-state index in [4.69, 9.17) is 4.74 Å². The Labute approximate surface area is 149 Å². The second-order valence-corrected chi connectivity index (χ2v) is 6.54. The molecule has 0 spiro atoms.